The van der Waals surface area contributed by atoms with Crippen LogP contribution in [0.2, 0.25) is 0 Å². The second-order valence-electron chi connectivity index (χ2n) is 6.14. The number of nitrogens with zero attached hydrogens (tertiary/aromatic N) is 1. The summed E-state index contributed by atoms with van der Waals surface area (Å²) >= 11 is 3.16. The molecule has 0 spiro atoms. The standard InChI is InChI=1S/C19H17N3O2S2/c23-17(10-13-11-26-19(21-13)16-6-3-9-25-16)22-15-5-2-1-4-14(15)18(24)20-12-7-8-12/h1-6,9,11-12H,7-8,10H2,(H,20,24)(H,22,23). The summed E-state index contributed by atoms with van der Waals surface area (Å²) in [6, 6.07) is 11.4. The van der Waals surface area contributed by atoms with Crippen molar-refractivity contribution in [2.24, 2.45) is 0 Å². The lowest BCUT2D eigenvalue weighted by Gasteiger charge is -2.10. The van der Waals surface area contributed by atoms with Crippen LogP contribution in [0, 0.1) is 0 Å². The number of para-hydroxylation sites is 1. The van der Waals surface area contributed by atoms with Gasteiger partial charge in [0.2, 0.25) is 5.91 Å². The van der Waals surface area contributed by atoms with E-state index in [2.05, 4.69) is 15.6 Å². The van der Waals surface area contributed by atoms with Crippen LogP contribution in [0.5, 0.6) is 0 Å². The number of carbonyl (C=O) groups is 2. The summed E-state index contributed by atoms with van der Waals surface area (Å²) in [7, 11) is 0. The molecular weight excluding hydrogens is 366 g/mol. The van der Waals surface area contributed by atoms with E-state index < -0.39 is 0 Å². The van der Waals surface area contributed by atoms with E-state index >= 15 is 0 Å². The van der Waals surface area contributed by atoms with Crippen LogP contribution >= 0.6 is 22.7 Å². The molecule has 1 saturated carbocycles. The minimum absolute atomic E-state index is 0.142. The van der Waals surface area contributed by atoms with Gasteiger partial charge in [0, 0.05) is 11.4 Å². The number of benzene rings is 1. The smallest absolute Gasteiger partial charge is 0.253 e. The minimum atomic E-state index is -0.181. The molecular formula is C19H17N3O2S2. The Kier molecular flexibility index (Phi) is 4.81. The number of nitrogens with one attached hydrogen (secondary N) is 2. The summed E-state index contributed by atoms with van der Waals surface area (Å²) in [4.78, 5) is 30.4. The largest absolute Gasteiger partial charge is 0.349 e. The lowest BCUT2D eigenvalue weighted by Crippen LogP contribution is -2.27. The van der Waals surface area contributed by atoms with Gasteiger partial charge in [0.15, 0.2) is 0 Å². The Bertz CT molecular complexity index is 930. The van der Waals surface area contributed by atoms with Crippen LogP contribution in [-0.4, -0.2) is 22.8 Å². The molecule has 2 heterocycles. The van der Waals surface area contributed by atoms with Crippen LogP contribution in [-0.2, 0) is 11.2 Å². The lowest BCUT2D eigenvalue weighted by molar-refractivity contribution is -0.115. The van der Waals surface area contributed by atoms with E-state index in [1.165, 1.54) is 11.3 Å². The van der Waals surface area contributed by atoms with Crippen LogP contribution in [0.15, 0.2) is 47.2 Å². The number of aromatic nitrogens is 1. The Morgan fingerprint density at radius 3 is 2.73 bits per heavy atom. The number of carbonyl (C=O) groups excluding carboxylic acids is 2. The molecule has 0 radical (unpaired) electrons. The molecule has 7 heteroatoms. The molecule has 0 saturated heterocycles. The second kappa shape index (κ2) is 7.39. The van der Waals surface area contributed by atoms with Gasteiger partial charge in [-0.2, -0.15) is 0 Å². The van der Waals surface area contributed by atoms with Crippen molar-refractivity contribution in [3.05, 3.63) is 58.4 Å². The quantitative estimate of drug-likeness (QED) is 0.677. The van der Waals surface area contributed by atoms with E-state index in [4.69, 9.17) is 0 Å². The average Bonchev–Trinajstić information content (AvgIpc) is 3.10. The predicted octanol–water partition coefficient (Wildman–Crippen LogP) is 3.95. The first-order valence-corrected chi connectivity index (χ1v) is 10.1. The zero-order valence-corrected chi connectivity index (χ0v) is 15.5. The van der Waals surface area contributed by atoms with Gasteiger partial charge in [0.1, 0.15) is 5.01 Å². The number of amides is 2. The fraction of sp³-hybridized carbons (Fsp3) is 0.211. The summed E-state index contributed by atoms with van der Waals surface area (Å²) in [6.07, 6.45) is 2.23. The molecule has 1 aromatic carbocycles. The molecule has 2 aromatic heterocycles. The molecule has 0 aliphatic heterocycles. The van der Waals surface area contributed by atoms with E-state index in [0.717, 1.165) is 28.4 Å². The molecule has 1 fully saturated rings. The van der Waals surface area contributed by atoms with E-state index in [-0.39, 0.29) is 24.3 Å². The van der Waals surface area contributed by atoms with Gasteiger partial charge in [-0.05, 0) is 36.4 Å². The monoisotopic (exact) mass is 383 g/mol. The van der Waals surface area contributed by atoms with Crippen LogP contribution in [0.3, 0.4) is 0 Å². The molecule has 0 atom stereocenters. The number of hydrogen-bond donors (Lipinski definition) is 2. The van der Waals surface area contributed by atoms with Gasteiger partial charge in [0.05, 0.1) is 28.2 Å². The maximum atomic E-state index is 12.4. The topological polar surface area (TPSA) is 71.1 Å². The first-order valence-electron chi connectivity index (χ1n) is 8.37. The van der Waals surface area contributed by atoms with E-state index in [1.54, 1.807) is 35.6 Å². The van der Waals surface area contributed by atoms with E-state index in [0.29, 0.717) is 11.3 Å². The highest BCUT2D eigenvalue weighted by molar-refractivity contribution is 7.20. The Labute approximate surface area is 159 Å². The molecule has 1 aliphatic rings. The van der Waals surface area contributed by atoms with Crippen molar-refractivity contribution in [3.8, 4) is 9.88 Å². The van der Waals surface area contributed by atoms with Gasteiger partial charge in [-0.1, -0.05) is 18.2 Å². The third kappa shape index (κ3) is 4.00. The highest BCUT2D eigenvalue weighted by atomic mass is 32.1. The fourth-order valence-electron chi connectivity index (χ4n) is 2.54. The summed E-state index contributed by atoms with van der Waals surface area (Å²) < 4.78 is 0. The molecule has 26 heavy (non-hydrogen) atoms. The highest BCUT2D eigenvalue weighted by Crippen LogP contribution is 2.28. The molecule has 5 nitrogen and oxygen atoms in total. The van der Waals surface area contributed by atoms with Gasteiger partial charge in [-0.3, -0.25) is 9.59 Å². The number of rotatable bonds is 6. The highest BCUT2D eigenvalue weighted by Gasteiger charge is 2.25. The SMILES string of the molecule is O=C(Cc1csc(-c2cccs2)n1)Nc1ccccc1C(=O)NC1CC1. The average molecular weight is 383 g/mol. The molecule has 2 amide bonds. The lowest BCUT2D eigenvalue weighted by atomic mass is 10.1. The van der Waals surface area contributed by atoms with Crippen molar-refractivity contribution in [1.29, 1.82) is 0 Å². The Morgan fingerprint density at radius 1 is 1.12 bits per heavy atom. The van der Waals surface area contributed by atoms with Crippen molar-refractivity contribution >= 4 is 40.2 Å². The first kappa shape index (κ1) is 16.9. The normalized spacial score (nSPS) is 13.4. The molecule has 4 rings (SSSR count). The second-order valence-corrected chi connectivity index (χ2v) is 7.95. The summed E-state index contributed by atoms with van der Waals surface area (Å²) in [5, 5.41) is 10.6. The third-order valence-corrected chi connectivity index (χ3v) is 5.91. The molecule has 132 valence electrons. The Balaban J connectivity index is 1.43. The maximum Gasteiger partial charge on any atom is 0.253 e. The van der Waals surface area contributed by atoms with Crippen molar-refractivity contribution in [2.75, 3.05) is 5.32 Å². The number of thiophene rings is 1. The van der Waals surface area contributed by atoms with Gasteiger partial charge in [0.25, 0.3) is 5.91 Å². The van der Waals surface area contributed by atoms with Gasteiger partial charge in [-0.15, -0.1) is 22.7 Å². The summed E-state index contributed by atoms with van der Waals surface area (Å²) in [5.74, 6) is -0.322. The van der Waals surface area contributed by atoms with Crippen LogP contribution in [0.4, 0.5) is 5.69 Å². The van der Waals surface area contributed by atoms with Crippen molar-refractivity contribution in [2.45, 2.75) is 25.3 Å². The zero-order chi connectivity index (χ0) is 17.9. The number of hydrogen-bond acceptors (Lipinski definition) is 5. The third-order valence-electron chi connectivity index (χ3n) is 3.98. The van der Waals surface area contributed by atoms with Crippen LogP contribution < -0.4 is 10.6 Å². The fourth-order valence-corrected chi connectivity index (χ4v) is 4.18. The van der Waals surface area contributed by atoms with Gasteiger partial charge < -0.3 is 10.6 Å². The predicted molar refractivity (Wildman–Crippen MR) is 105 cm³/mol. The minimum Gasteiger partial charge on any atom is -0.349 e. The summed E-state index contributed by atoms with van der Waals surface area (Å²) in [5.41, 5.74) is 1.76. The van der Waals surface area contributed by atoms with Crippen LogP contribution in [0.25, 0.3) is 9.88 Å². The van der Waals surface area contributed by atoms with Crippen molar-refractivity contribution in [3.63, 3.8) is 0 Å². The van der Waals surface area contributed by atoms with Gasteiger partial charge >= 0.3 is 0 Å². The molecule has 0 unspecified atom stereocenters. The Hall–Kier alpha value is -2.51. The molecule has 2 N–H and O–H groups in total. The van der Waals surface area contributed by atoms with E-state index in [1.807, 2.05) is 22.9 Å². The van der Waals surface area contributed by atoms with E-state index in [9.17, 15) is 9.59 Å². The maximum absolute atomic E-state index is 12.4. The number of thiazole rings is 1. The summed E-state index contributed by atoms with van der Waals surface area (Å²) in [6.45, 7) is 0. The number of anilines is 1. The molecule has 0 bridgehead atoms. The molecule has 3 aromatic rings. The molecule has 1 aliphatic carbocycles. The van der Waals surface area contributed by atoms with Crippen LogP contribution in [0.1, 0.15) is 28.9 Å². The zero-order valence-electron chi connectivity index (χ0n) is 13.9. The van der Waals surface area contributed by atoms with Crippen molar-refractivity contribution < 1.29 is 9.59 Å². The van der Waals surface area contributed by atoms with Gasteiger partial charge in [-0.25, -0.2) is 4.98 Å². The Morgan fingerprint density at radius 2 is 1.96 bits per heavy atom. The first-order chi connectivity index (χ1) is 12.7. The van der Waals surface area contributed by atoms with Crippen molar-refractivity contribution in [1.82, 2.24) is 10.3 Å².